The third-order valence-electron chi connectivity index (χ3n) is 5.39. The lowest BCUT2D eigenvalue weighted by atomic mass is 9.99. The molecule has 1 aromatic carbocycles. The highest BCUT2D eigenvalue weighted by Crippen LogP contribution is 2.21. The number of anilines is 1. The Morgan fingerprint density at radius 3 is 2.43 bits per heavy atom. The Kier molecular flexibility index (Phi) is 5.55. The molecule has 1 amide bonds. The van der Waals surface area contributed by atoms with Crippen LogP contribution in [0.25, 0.3) is 0 Å². The summed E-state index contributed by atoms with van der Waals surface area (Å²) < 4.78 is 0. The molecular weight excluding hydrogens is 286 g/mol. The lowest BCUT2D eigenvalue weighted by Gasteiger charge is -2.40. The van der Waals surface area contributed by atoms with Gasteiger partial charge >= 0.3 is 0 Å². The van der Waals surface area contributed by atoms with E-state index in [9.17, 15) is 4.79 Å². The van der Waals surface area contributed by atoms with Crippen LogP contribution in [-0.2, 0) is 11.2 Å². The standard InChI is InChI=1S/C19H29N3O/c20-18-7-3-2-6-16(18)8-9-19(23)22-14-10-17(11-15-22)21-12-4-1-5-13-21/h2-3,6-7,17H,1,4-5,8-15,20H2. The SMILES string of the molecule is Nc1ccccc1CCC(=O)N1CCC(N2CCCCC2)CC1. The zero-order chi connectivity index (χ0) is 16.1. The largest absolute Gasteiger partial charge is 0.399 e. The summed E-state index contributed by atoms with van der Waals surface area (Å²) in [6.45, 7) is 4.35. The van der Waals surface area contributed by atoms with Crippen molar-refractivity contribution in [1.29, 1.82) is 0 Å². The van der Waals surface area contributed by atoms with E-state index in [1.54, 1.807) is 0 Å². The maximum Gasteiger partial charge on any atom is 0.222 e. The summed E-state index contributed by atoms with van der Waals surface area (Å²) in [4.78, 5) is 17.1. The molecular formula is C19H29N3O. The second-order valence-corrected chi connectivity index (χ2v) is 6.91. The number of nitrogens with zero attached hydrogens (tertiary/aromatic N) is 2. The fourth-order valence-electron chi connectivity index (χ4n) is 3.93. The number of rotatable bonds is 4. The van der Waals surface area contributed by atoms with E-state index in [1.165, 1.54) is 32.4 Å². The van der Waals surface area contributed by atoms with E-state index in [0.717, 1.165) is 43.6 Å². The fourth-order valence-corrected chi connectivity index (χ4v) is 3.93. The first kappa shape index (κ1) is 16.3. The molecule has 1 aromatic rings. The Bertz CT molecular complexity index is 517. The molecule has 0 unspecified atom stereocenters. The lowest BCUT2D eigenvalue weighted by molar-refractivity contribution is -0.132. The summed E-state index contributed by atoms with van der Waals surface area (Å²) in [5.74, 6) is 0.283. The van der Waals surface area contributed by atoms with Gasteiger partial charge in [-0.2, -0.15) is 0 Å². The molecule has 0 spiro atoms. The van der Waals surface area contributed by atoms with E-state index < -0.39 is 0 Å². The number of piperidine rings is 2. The topological polar surface area (TPSA) is 49.6 Å². The first-order chi connectivity index (χ1) is 11.2. The Hall–Kier alpha value is -1.55. The number of nitrogens with two attached hydrogens (primary N) is 1. The summed E-state index contributed by atoms with van der Waals surface area (Å²) in [5.41, 5.74) is 7.84. The van der Waals surface area contributed by atoms with Gasteiger partial charge in [0.05, 0.1) is 0 Å². The van der Waals surface area contributed by atoms with E-state index in [4.69, 9.17) is 5.73 Å². The van der Waals surface area contributed by atoms with Gasteiger partial charge in [0.25, 0.3) is 0 Å². The number of amides is 1. The zero-order valence-corrected chi connectivity index (χ0v) is 14.0. The van der Waals surface area contributed by atoms with Crippen molar-refractivity contribution < 1.29 is 4.79 Å². The van der Waals surface area contributed by atoms with Gasteiger partial charge in [0.2, 0.25) is 5.91 Å². The minimum atomic E-state index is 0.283. The van der Waals surface area contributed by atoms with E-state index in [2.05, 4.69) is 9.80 Å². The van der Waals surface area contributed by atoms with E-state index >= 15 is 0 Å². The summed E-state index contributed by atoms with van der Waals surface area (Å²) in [5, 5.41) is 0. The monoisotopic (exact) mass is 315 g/mol. The number of aryl methyl sites for hydroxylation is 1. The molecule has 0 aliphatic carbocycles. The minimum Gasteiger partial charge on any atom is -0.399 e. The van der Waals surface area contributed by atoms with Crippen LogP contribution in [0.2, 0.25) is 0 Å². The fraction of sp³-hybridized carbons (Fsp3) is 0.632. The van der Waals surface area contributed by atoms with Gasteiger partial charge in [0.1, 0.15) is 0 Å². The first-order valence-electron chi connectivity index (χ1n) is 9.09. The minimum absolute atomic E-state index is 0.283. The smallest absolute Gasteiger partial charge is 0.222 e. The van der Waals surface area contributed by atoms with Gasteiger partial charge in [-0.15, -0.1) is 0 Å². The van der Waals surface area contributed by atoms with Gasteiger partial charge in [0, 0.05) is 31.2 Å². The van der Waals surface area contributed by atoms with Gasteiger partial charge in [-0.3, -0.25) is 4.79 Å². The molecule has 2 aliphatic rings. The Morgan fingerprint density at radius 1 is 1.04 bits per heavy atom. The number of nitrogen functional groups attached to an aromatic ring is 1. The molecule has 2 fully saturated rings. The van der Waals surface area contributed by atoms with Crippen LogP contribution < -0.4 is 5.73 Å². The molecule has 2 N–H and O–H groups in total. The average molecular weight is 315 g/mol. The van der Waals surface area contributed by atoms with Crippen LogP contribution in [0.1, 0.15) is 44.1 Å². The van der Waals surface area contributed by atoms with E-state index in [1.807, 2.05) is 24.3 Å². The number of hydrogen-bond donors (Lipinski definition) is 1. The van der Waals surface area contributed by atoms with Crippen molar-refractivity contribution in [3.8, 4) is 0 Å². The zero-order valence-electron chi connectivity index (χ0n) is 14.0. The van der Waals surface area contributed by atoms with Crippen molar-refractivity contribution in [3.63, 3.8) is 0 Å². The third-order valence-corrected chi connectivity index (χ3v) is 5.39. The molecule has 4 nitrogen and oxygen atoms in total. The molecule has 0 saturated carbocycles. The predicted octanol–water partition coefficient (Wildman–Crippen LogP) is 2.68. The van der Waals surface area contributed by atoms with Crippen LogP contribution in [0.3, 0.4) is 0 Å². The number of likely N-dealkylation sites (tertiary alicyclic amines) is 2. The summed E-state index contributed by atoms with van der Waals surface area (Å²) in [6, 6.07) is 8.55. The summed E-state index contributed by atoms with van der Waals surface area (Å²) in [7, 11) is 0. The average Bonchev–Trinajstić information content (AvgIpc) is 2.62. The van der Waals surface area contributed by atoms with Crippen molar-refractivity contribution in [2.45, 2.75) is 51.0 Å². The normalized spacial score (nSPS) is 20.6. The van der Waals surface area contributed by atoms with Crippen LogP contribution in [0.4, 0.5) is 5.69 Å². The van der Waals surface area contributed by atoms with Crippen molar-refractivity contribution >= 4 is 11.6 Å². The number of hydrogen-bond acceptors (Lipinski definition) is 3. The quantitative estimate of drug-likeness (QED) is 0.869. The van der Waals surface area contributed by atoms with Crippen molar-refractivity contribution in [3.05, 3.63) is 29.8 Å². The maximum absolute atomic E-state index is 12.4. The van der Waals surface area contributed by atoms with Gasteiger partial charge in [-0.1, -0.05) is 24.6 Å². The van der Waals surface area contributed by atoms with Gasteiger partial charge in [-0.25, -0.2) is 0 Å². The molecule has 0 aromatic heterocycles. The maximum atomic E-state index is 12.4. The molecule has 0 radical (unpaired) electrons. The van der Waals surface area contributed by atoms with Crippen molar-refractivity contribution in [2.24, 2.45) is 0 Å². The number of carbonyl (C=O) groups is 1. The van der Waals surface area contributed by atoms with Crippen LogP contribution in [0.15, 0.2) is 24.3 Å². The highest BCUT2D eigenvalue weighted by Gasteiger charge is 2.27. The summed E-state index contributed by atoms with van der Waals surface area (Å²) >= 11 is 0. The molecule has 2 aliphatic heterocycles. The Labute approximate surface area is 139 Å². The second kappa shape index (κ2) is 7.82. The highest BCUT2D eigenvalue weighted by molar-refractivity contribution is 5.76. The summed E-state index contributed by atoms with van der Waals surface area (Å²) in [6.07, 6.45) is 7.67. The van der Waals surface area contributed by atoms with Crippen molar-refractivity contribution in [2.75, 3.05) is 31.9 Å². The Balaban J connectivity index is 1.44. The third kappa shape index (κ3) is 4.25. The van der Waals surface area contributed by atoms with Gasteiger partial charge in [-0.05, 0) is 56.8 Å². The molecule has 2 heterocycles. The van der Waals surface area contributed by atoms with Gasteiger partial charge in [0.15, 0.2) is 0 Å². The van der Waals surface area contributed by atoms with Gasteiger partial charge < -0.3 is 15.5 Å². The molecule has 3 rings (SSSR count). The molecule has 0 bridgehead atoms. The molecule has 2 saturated heterocycles. The van der Waals surface area contributed by atoms with E-state index in [0.29, 0.717) is 12.5 Å². The highest BCUT2D eigenvalue weighted by atomic mass is 16.2. The molecule has 0 atom stereocenters. The number of para-hydroxylation sites is 1. The second-order valence-electron chi connectivity index (χ2n) is 6.91. The molecule has 23 heavy (non-hydrogen) atoms. The van der Waals surface area contributed by atoms with E-state index in [-0.39, 0.29) is 5.91 Å². The van der Waals surface area contributed by atoms with Crippen LogP contribution >= 0.6 is 0 Å². The molecule has 4 heteroatoms. The molecule has 126 valence electrons. The Morgan fingerprint density at radius 2 is 1.74 bits per heavy atom. The lowest BCUT2D eigenvalue weighted by Crippen LogP contribution is -2.48. The predicted molar refractivity (Wildman–Crippen MR) is 94.2 cm³/mol. The van der Waals surface area contributed by atoms with Crippen molar-refractivity contribution in [1.82, 2.24) is 9.80 Å². The van der Waals surface area contributed by atoms with Crippen LogP contribution in [-0.4, -0.2) is 47.9 Å². The number of carbonyl (C=O) groups excluding carboxylic acids is 1. The van der Waals surface area contributed by atoms with Crippen LogP contribution in [0, 0.1) is 0 Å². The first-order valence-corrected chi connectivity index (χ1v) is 9.09. The number of benzene rings is 1. The van der Waals surface area contributed by atoms with Crippen LogP contribution in [0.5, 0.6) is 0 Å².